The highest BCUT2D eigenvalue weighted by molar-refractivity contribution is 7.47. The molecule has 0 aromatic carbocycles. The van der Waals surface area contributed by atoms with Crippen LogP contribution in [0, 0.1) is 27.7 Å². The Morgan fingerprint density at radius 3 is 1.48 bits per heavy atom. The predicted octanol–water partition coefficient (Wildman–Crippen LogP) is 11.6. The molecule has 0 aliphatic rings. The molecule has 0 saturated heterocycles. The average Bonchev–Trinajstić information content (AvgIpc) is 3.62. The van der Waals surface area contributed by atoms with E-state index in [1.807, 2.05) is 0 Å². The number of carbonyl (C=O) groups excluding carboxylic acids is 2. The van der Waals surface area contributed by atoms with Crippen LogP contribution >= 0.6 is 7.82 Å². The van der Waals surface area contributed by atoms with E-state index in [-0.39, 0.29) is 26.1 Å². The molecule has 2 N–H and O–H groups in total. The maximum atomic E-state index is 12.7. The van der Waals surface area contributed by atoms with Crippen LogP contribution in [0.4, 0.5) is 0 Å². The van der Waals surface area contributed by atoms with E-state index in [1.54, 1.807) is 7.05 Å². The first-order valence-electron chi connectivity index (χ1n) is 22.7. The molecule has 0 aliphatic carbocycles. The lowest BCUT2D eigenvalue weighted by Gasteiger charge is -2.20. The molecule has 2 atom stereocenters. The first kappa shape index (κ1) is 51.7. The van der Waals surface area contributed by atoms with Crippen molar-refractivity contribution in [2.24, 2.45) is 0 Å². The van der Waals surface area contributed by atoms with Crippen LogP contribution in [0.15, 0.2) is 8.83 Å². The second-order valence-electron chi connectivity index (χ2n) is 16.0. The maximum absolute atomic E-state index is 12.7. The molecular formula is C46H80NO10P. The smallest absolute Gasteiger partial charge is 0.466 e. The summed E-state index contributed by atoms with van der Waals surface area (Å²) >= 11 is 0. The summed E-state index contributed by atoms with van der Waals surface area (Å²) in [6, 6.07) is 0. The van der Waals surface area contributed by atoms with Crippen molar-refractivity contribution < 1.29 is 46.4 Å². The van der Waals surface area contributed by atoms with Crippen molar-refractivity contribution in [1.82, 2.24) is 5.32 Å². The molecule has 0 fully saturated rings. The third-order valence-electron chi connectivity index (χ3n) is 11.1. The Morgan fingerprint density at radius 2 is 1.02 bits per heavy atom. The molecule has 0 amide bonds. The third-order valence-corrected chi connectivity index (χ3v) is 12.1. The molecular weight excluding hydrogens is 757 g/mol. The van der Waals surface area contributed by atoms with Crippen LogP contribution in [-0.2, 0) is 58.4 Å². The largest absolute Gasteiger partial charge is 0.472 e. The lowest BCUT2D eigenvalue weighted by Crippen LogP contribution is -2.29. The number of furan rings is 2. The number of carbonyl (C=O) groups is 2. The van der Waals surface area contributed by atoms with Crippen LogP contribution in [0.5, 0.6) is 0 Å². The van der Waals surface area contributed by atoms with E-state index in [2.05, 4.69) is 46.9 Å². The molecule has 12 heteroatoms. The van der Waals surface area contributed by atoms with Gasteiger partial charge in [0, 0.05) is 45.1 Å². The highest BCUT2D eigenvalue weighted by atomic mass is 31.2. The Morgan fingerprint density at radius 1 is 0.586 bits per heavy atom. The summed E-state index contributed by atoms with van der Waals surface area (Å²) in [6.45, 7) is 12.7. The molecule has 2 rings (SSSR count). The van der Waals surface area contributed by atoms with Crippen LogP contribution < -0.4 is 5.32 Å². The molecule has 0 aliphatic heterocycles. The lowest BCUT2D eigenvalue weighted by molar-refractivity contribution is -0.161. The number of rotatable bonds is 36. The van der Waals surface area contributed by atoms with Gasteiger partial charge in [-0.15, -0.1) is 0 Å². The van der Waals surface area contributed by atoms with Crippen molar-refractivity contribution >= 4 is 19.8 Å². The summed E-state index contributed by atoms with van der Waals surface area (Å²) in [5, 5.41) is 2.82. The fraction of sp³-hybridized carbons (Fsp3) is 0.783. The van der Waals surface area contributed by atoms with E-state index in [0.717, 1.165) is 107 Å². The van der Waals surface area contributed by atoms with Crippen molar-refractivity contribution in [3.8, 4) is 0 Å². The summed E-state index contributed by atoms with van der Waals surface area (Å²) in [5.41, 5.74) is 5.23. The summed E-state index contributed by atoms with van der Waals surface area (Å²) < 4.78 is 45.7. The number of esters is 2. The highest BCUT2D eigenvalue weighted by Gasteiger charge is 2.26. The van der Waals surface area contributed by atoms with Crippen molar-refractivity contribution in [3.05, 3.63) is 45.3 Å². The van der Waals surface area contributed by atoms with Crippen molar-refractivity contribution in [2.45, 2.75) is 202 Å². The number of unbranched alkanes of at least 4 members (excludes halogenated alkanes) is 14. The van der Waals surface area contributed by atoms with Gasteiger partial charge < -0.3 is 28.5 Å². The SMILES string of the molecule is CCCCCc1oc(CCCCCCCCCCC(=O)OC[C@H](COP(=O)(O)OCCNC)OC(=O)CCCCCCCCc2oc(CCC)c(C)c2C)c(C)c1C. The summed E-state index contributed by atoms with van der Waals surface area (Å²) in [6.07, 6.45) is 22.5. The Labute approximate surface area is 351 Å². The topological polar surface area (TPSA) is 147 Å². The van der Waals surface area contributed by atoms with E-state index in [0.29, 0.717) is 19.4 Å². The van der Waals surface area contributed by atoms with Crippen LogP contribution in [0.3, 0.4) is 0 Å². The standard InChI is InChI=1S/C46H80NO10P/c1-8-10-21-27-42-38(5)39(6)44(57-42)29-22-17-13-11-12-14-19-24-30-45(48)52-34-40(35-54-58(50,51)53-33-32-47-7)55-46(49)31-25-20-16-15-18-23-28-43-37(4)36(3)41(56-43)26-9-2/h40,47H,8-35H2,1-7H3,(H,50,51)/t40-/m1/s1. The van der Waals surface area contributed by atoms with Gasteiger partial charge in [-0.3, -0.25) is 18.6 Å². The quantitative estimate of drug-likeness (QED) is 0.0384. The monoisotopic (exact) mass is 838 g/mol. The number of likely N-dealkylation sites (N-methyl/N-ethyl adjacent to an activating group) is 1. The fourth-order valence-electron chi connectivity index (χ4n) is 7.13. The van der Waals surface area contributed by atoms with Gasteiger partial charge in [0.25, 0.3) is 0 Å². The average molecular weight is 838 g/mol. The summed E-state index contributed by atoms with van der Waals surface area (Å²) in [7, 11) is -2.68. The Balaban J connectivity index is 1.62. The van der Waals surface area contributed by atoms with Crippen molar-refractivity contribution in [1.29, 1.82) is 0 Å². The van der Waals surface area contributed by atoms with Gasteiger partial charge in [-0.05, 0) is 95.5 Å². The number of phosphoric acid groups is 1. The molecule has 1 unspecified atom stereocenters. The summed E-state index contributed by atoms with van der Waals surface area (Å²) in [5.74, 6) is 3.71. The molecule has 0 spiro atoms. The van der Waals surface area contributed by atoms with Gasteiger partial charge in [-0.2, -0.15) is 0 Å². The van der Waals surface area contributed by atoms with E-state index < -0.39 is 32.5 Å². The number of phosphoric ester groups is 1. The summed E-state index contributed by atoms with van der Waals surface area (Å²) in [4.78, 5) is 35.3. The van der Waals surface area contributed by atoms with Gasteiger partial charge in [-0.1, -0.05) is 90.9 Å². The molecule has 2 aromatic rings. The molecule has 58 heavy (non-hydrogen) atoms. The maximum Gasteiger partial charge on any atom is 0.472 e. The van der Waals surface area contributed by atoms with Gasteiger partial charge in [-0.25, -0.2) is 4.57 Å². The van der Waals surface area contributed by atoms with Gasteiger partial charge in [0.15, 0.2) is 6.10 Å². The second kappa shape index (κ2) is 30.6. The zero-order valence-corrected chi connectivity index (χ0v) is 38.3. The van der Waals surface area contributed by atoms with Crippen molar-refractivity contribution in [3.63, 3.8) is 0 Å². The van der Waals surface area contributed by atoms with Gasteiger partial charge in [0.2, 0.25) is 0 Å². The van der Waals surface area contributed by atoms with Crippen LogP contribution in [-0.4, -0.2) is 56.3 Å². The van der Waals surface area contributed by atoms with Gasteiger partial charge in [0.1, 0.15) is 29.6 Å². The zero-order chi connectivity index (χ0) is 42.6. The highest BCUT2D eigenvalue weighted by Crippen LogP contribution is 2.43. The number of nitrogens with one attached hydrogen (secondary N) is 1. The molecule has 0 radical (unpaired) electrons. The lowest BCUT2D eigenvalue weighted by atomic mass is 10.0. The Kier molecular flexibility index (Phi) is 27.3. The first-order valence-corrected chi connectivity index (χ1v) is 24.2. The minimum Gasteiger partial charge on any atom is -0.466 e. The van der Waals surface area contributed by atoms with Crippen LogP contribution in [0.2, 0.25) is 0 Å². The molecule has 2 aromatic heterocycles. The third kappa shape index (κ3) is 21.7. The molecule has 2 heterocycles. The van der Waals surface area contributed by atoms with Crippen molar-refractivity contribution in [2.75, 3.05) is 33.4 Å². The molecule has 0 bridgehead atoms. The fourth-order valence-corrected chi connectivity index (χ4v) is 7.88. The van der Waals surface area contributed by atoms with Crippen LogP contribution in [0.25, 0.3) is 0 Å². The first-order chi connectivity index (χ1) is 27.9. The van der Waals surface area contributed by atoms with E-state index >= 15 is 0 Å². The number of aryl methyl sites for hydroxylation is 4. The Bertz CT molecular complexity index is 1470. The van der Waals surface area contributed by atoms with Gasteiger partial charge in [0.05, 0.1) is 13.2 Å². The second-order valence-corrected chi connectivity index (χ2v) is 17.5. The number of ether oxygens (including phenoxy) is 2. The minimum absolute atomic E-state index is 0.0307. The van der Waals surface area contributed by atoms with E-state index in [1.165, 1.54) is 66.5 Å². The number of hydrogen-bond acceptors (Lipinski definition) is 10. The van der Waals surface area contributed by atoms with E-state index in [4.69, 9.17) is 27.4 Å². The Hall–Kier alpha value is -2.43. The predicted molar refractivity (Wildman–Crippen MR) is 231 cm³/mol. The zero-order valence-electron chi connectivity index (χ0n) is 37.4. The normalized spacial score (nSPS) is 13.2. The molecule has 0 saturated carbocycles. The minimum atomic E-state index is -4.38. The van der Waals surface area contributed by atoms with E-state index in [9.17, 15) is 19.0 Å². The van der Waals surface area contributed by atoms with Crippen LogP contribution in [0.1, 0.15) is 188 Å². The molecule has 11 nitrogen and oxygen atoms in total. The number of hydrogen-bond donors (Lipinski definition) is 2. The molecule has 334 valence electrons. The van der Waals surface area contributed by atoms with Gasteiger partial charge >= 0.3 is 19.8 Å².